The summed E-state index contributed by atoms with van der Waals surface area (Å²) in [6, 6.07) is 13.6. The fourth-order valence-electron chi connectivity index (χ4n) is 1.76. The molecule has 2 rings (SSSR count). The highest BCUT2D eigenvalue weighted by Gasteiger charge is 2.17. The Morgan fingerprint density at radius 2 is 1.78 bits per heavy atom. The quantitative estimate of drug-likeness (QED) is 0.469. The molecular weight excluding hydrogens is 230 g/mol. The van der Waals surface area contributed by atoms with E-state index in [9.17, 15) is 14.9 Å². The molecule has 0 heterocycles. The second-order valence-corrected chi connectivity index (χ2v) is 3.91. The van der Waals surface area contributed by atoms with Crippen LogP contribution in [0.4, 0.5) is 5.69 Å². The Labute approximate surface area is 104 Å². The van der Waals surface area contributed by atoms with Crippen LogP contribution in [-0.2, 0) is 0 Å². The molecule has 0 radical (unpaired) electrons. The third kappa shape index (κ3) is 2.27. The summed E-state index contributed by atoms with van der Waals surface area (Å²) >= 11 is 0. The summed E-state index contributed by atoms with van der Waals surface area (Å²) in [6.07, 6.45) is 0. The van der Waals surface area contributed by atoms with Gasteiger partial charge in [-0.3, -0.25) is 14.9 Å². The standard InChI is InChI=1S/C14H11NO3/c1-10(16)12-7-8-13(14(9-12)15(17)18)11-5-3-2-4-6-11/h2-9H,1H3. The number of rotatable bonds is 3. The fraction of sp³-hybridized carbons (Fsp3) is 0.0714. The molecule has 4 heteroatoms. The van der Waals surface area contributed by atoms with E-state index in [-0.39, 0.29) is 11.5 Å². The first-order valence-corrected chi connectivity index (χ1v) is 5.44. The first-order chi connectivity index (χ1) is 8.59. The van der Waals surface area contributed by atoms with Crippen LogP contribution >= 0.6 is 0 Å². The molecule has 0 aliphatic carbocycles. The van der Waals surface area contributed by atoms with Crippen molar-refractivity contribution in [3.63, 3.8) is 0 Å². The Morgan fingerprint density at radius 3 is 2.33 bits per heavy atom. The summed E-state index contributed by atoms with van der Waals surface area (Å²) in [6.45, 7) is 1.39. The van der Waals surface area contributed by atoms with Crippen LogP contribution in [0.15, 0.2) is 48.5 Å². The topological polar surface area (TPSA) is 60.2 Å². The highest BCUT2D eigenvalue weighted by atomic mass is 16.6. The van der Waals surface area contributed by atoms with Crippen molar-refractivity contribution in [1.29, 1.82) is 0 Å². The van der Waals surface area contributed by atoms with Gasteiger partial charge in [-0.05, 0) is 18.6 Å². The van der Waals surface area contributed by atoms with Crippen LogP contribution in [0, 0.1) is 10.1 Å². The van der Waals surface area contributed by atoms with Crippen LogP contribution in [0.5, 0.6) is 0 Å². The monoisotopic (exact) mass is 241 g/mol. The molecule has 2 aromatic rings. The third-order valence-electron chi connectivity index (χ3n) is 2.69. The molecular formula is C14H11NO3. The van der Waals surface area contributed by atoms with Crippen molar-refractivity contribution in [3.8, 4) is 11.1 Å². The molecule has 0 fully saturated rings. The van der Waals surface area contributed by atoms with Crippen molar-refractivity contribution in [3.05, 3.63) is 64.2 Å². The van der Waals surface area contributed by atoms with Gasteiger partial charge in [-0.15, -0.1) is 0 Å². The van der Waals surface area contributed by atoms with Gasteiger partial charge < -0.3 is 0 Å². The van der Waals surface area contributed by atoms with Crippen LogP contribution in [0.3, 0.4) is 0 Å². The third-order valence-corrected chi connectivity index (χ3v) is 2.69. The summed E-state index contributed by atoms with van der Waals surface area (Å²) in [5, 5.41) is 11.1. The van der Waals surface area contributed by atoms with Crippen LogP contribution in [-0.4, -0.2) is 10.7 Å². The zero-order valence-corrected chi connectivity index (χ0v) is 9.79. The van der Waals surface area contributed by atoms with E-state index in [4.69, 9.17) is 0 Å². The number of nitro groups is 1. The maximum absolute atomic E-state index is 11.2. The summed E-state index contributed by atoms with van der Waals surface area (Å²) < 4.78 is 0. The fourth-order valence-corrected chi connectivity index (χ4v) is 1.76. The first-order valence-electron chi connectivity index (χ1n) is 5.44. The highest BCUT2D eigenvalue weighted by Crippen LogP contribution is 2.30. The first kappa shape index (κ1) is 12.0. The zero-order valence-electron chi connectivity index (χ0n) is 9.79. The van der Waals surface area contributed by atoms with E-state index < -0.39 is 4.92 Å². The molecule has 0 aliphatic heterocycles. The Bertz CT molecular complexity index is 606. The minimum atomic E-state index is -0.464. The van der Waals surface area contributed by atoms with Gasteiger partial charge >= 0.3 is 0 Å². The molecule has 0 unspecified atom stereocenters. The SMILES string of the molecule is CC(=O)c1ccc(-c2ccccc2)c([N+](=O)[O-])c1. The molecule has 0 amide bonds. The number of benzene rings is 2. The van der Waals surface area contributed by atoms with E-state index in [0.29, 0.717) is 11.1 Å². The van der Waals surface area contributed by atoms with Crippen molar-refractivity contribution in [1.82, 2.24) is 0 Å². The lowest BCUT2D eigenvalue weighted by molar-refractivity contribution is -0.384. The van der Waals surface area contributed by atoms with E-state index >= 15 is 0 Å². The van der Waals surface area contributed by atoms with Gasteiger partial charge in [-0.1, -0.05) is 36.4 Å². The van der Waals surface area contributed by atoms with Crippen LogP contribution in [0.2, 0.25) is 0 Å². The number of nitrogens with zero attached hydrogens (tertiary/aromatic N) is 1. The lowest BCUT2D eigenvalue weighted by Crippen LogP contribution is -1.97. The Balaban J connectivity index is 2.61. The predicted molar refractivity (Wildman–Crippen MR) is 68.5 cm³/mol. The van der Waals surface area contributed by atoms with Crippen molar-refractivity contribution < 1.29 is 9.72 Å². The average Bonchev–Trinajstić information content (AvgIpc) is 2.39. The second kappa shape index (κ2) is 4.79. The molecule has 0 atom stereocenters. The summed E-state index contributed by atoms with van der Waals surface area (Å²) in [4.78, 5) is 21.8. The van der Waals surface area contributed by atoms with Crippen molar-refractivity contribution >= 4 is 11.5 Å². The van der Waals surface area contributed by atoms with Crippen LogP contribution in [0.25, 0.3) is 11.1 Å². The van der Waals surface area contributed by atoms with Gasteiger partial charge in [0.1, 0.15) is 0 Å². The minimum absolute atomic E-state index is 0.0473. The number of Topliss-reactive ketones (excluding diaryl/α,β-unsaturated/α-hetero) is 1. The van der Waals surface area contributed by atoms with Gasteiger partial charge in [-0.2, -0.15) is 0 Å². The Morgan fingerprint density at radius 1 is 1.11 bits per heavy atom. The van der Waals surface area contributed by atoms with Crippen molar-refractivity contribution in [2.24, 2.45) is 0 Å². The summed E-state index contributed by atoms with van der Waals surface area (Å²) in [5.74, 6) is -0.183. The molecule has 0 aromatic heterocycles. The van der Waals surface area contributed by atoms with E-state index in [2.05, 4.69) is 0 Å². The molecule has 0 N–H and O–H groups in total. The zero-order chi connectivity index (χ0) is 13.1. The maximum atomic E-state index is 11.2. The molecule has 0 spiro atoms. The minimum Gasteiger partial charge on any atom is -0.295 e. The molecule has 90 valence electrons. The number of hydrogen-bond acceptors (Lipinski definition) is 3. The van der Waals surface area contributed by atoms with Gasteiger partial charge in [0.2, 0.25) is 0 Å². The smallest absolute Gasteiger partial charge is 0.277 e. The van der Waals surface area contributed by atoms with Crippen LogP contribution in [0.1, 0.15) is 17.3 Å². The van der Waals surface area contributed by atoms with Gasteiger partial charge in [0.05, 0.1) is 10.5 Å². The molecule has 0 aliphatic rings. The van der Waals surface area contributed by atoms with Crippen LogP contribution < -0.4 is 0 Å². The predicted octanol–water partition coefficient (Wildman–Crippen LogP) is 3.46. The van der Waals surface area contributed by atoms with Gasteiger partial charge in [0.15, 0.2) is 5.78 Å². The second-order valence-electron chi connectivity index (χ2n) is 3.91. The molecule has 18 heavy (non-hydrogen) atoms. The van der Waals surface area contributed by atoms with E-state index in [1.54, 1.807) is 24.3 Å². The van der Waals surface area contributed by atoms with E-state index in [1.807, 2.05) is 18.2 Å². The number of carbonyl (C=O) groups is 1. The molecule has 4 nitrogen and oxygen atoms in total. The number of hydrogen-bond donors (Lipinski definition) is 0. The Hall–Kier alpha value is -2.49. The Kier molecular flexibility index (Phi) is 3.19. The normalized spacial score (nSPS) is 10.1. The highest BCUT2D eigenvalue weighted by molar-refractivity contribution is 5.96. The average molecular weight is 241 g/mol. The number of nitro benzene ring substituents is 1. The van der Waals surface area contributed by atoms with Gasteiger partial charge in [0.25, 0.3) is 5.69 Å². The molecule has 0 saturated carbocycles. The van der Waals surface area contributed by atoms with Gasteiger partial charge in [-0.25, -0.2) is 0 Å². The summed E-state index contributed by atoms with van der Waals surface area (Å²) in [5.41, 5.74) is 1.58. The largest absolute Gasteiger partial charge is 0.295 e. The number of carbonyl (C=O) groups excluding carboxylic acids is 1. The molecule has 0 bridgehead atoms. The van der Waals surface area contributed by atoms with E-state index in [1.165, 1.54) is 13.0 Å². The lowest BCUT2D eigenvalue weighted by Gasteiger charge is -2.04. The summed E-state index contributed by atoms with van der Waals surface area (Å²) in [7, 11) is 0. The maximum Gasteiger partial charge on any atom is 0.277 e. The molecule has 2 aromatic carbocycles. The van der Waals surface area contributed by atoms with Crippen molar-refractivity contribution in [2.45, 2.75) is 6.92 Å². The number of ketones is 1. The van der Waals surface area contributed by atoms with E-state index in [0.717, 1.165) is 5.56 Å². The molecule has 0 saturated heterocycles. The van der Waals surface area contributed by atoms with Crippen molar-refractivity contribution in [2.75, 3.05) is 0 Å². The van der Waals surface area contributed by atoms with Gasteiger partial charge in [0, 0.05) is 11.6 Å². The lowest BCUT2D eigenvalue weighted by atomic mass is 10.0.